The van der Waals surface area contributed by atoms with Crippen molar-refractivity contribution >= 4 is 17.2 Å². The molecule has 0 unspecified atom stereocenters. The molecule has 0 spiro atoms. The minimum absolute atomic E-state index is 0.118. The van der Waals surface area contributed by atoms with Crippen molar-refractivity contribution < 1.29 is 5.11 Å². The third kappa shape index (κ3) is 1.34. The highest BCUT2D eigenvalue weighted by atomic mass is 32.1. The van der Waals surface area contributed by atoms with E-state index < -0.39 is 0 Å². The largest absolute Gasteiger partial charge is 0.393 e. The smallest absolute Gasteiger partial charge is 0.0802 e. The van der Waals surface area contributed by atoms with E-state index in [2.05, 4.69) is 4.90 Å². The van der Waals surface area contributed by atoms with E-state index in [1.807, 2.05) is 0 Å². The first kappa shape index (κ1) is 8.41. The van der Waals surface area contributed by atoms with Crippen molar-refractivity contribution in [3.63, 3.8) is 0 Å². The van der Waals surface area contributed by atoms with Crippen molar-refractivity contribution in [3.8, 4) is 0 Å². The summed E-state index contributed by atoms with van der Waals surface area (Å²) in [5, 5.41) is 9.07. The van der Waals surface area contributed by atoms with Crippen LogP contribution in [0.1, 0.15) is 12.8 Å². The number of aliphatic hydroxyl groups excluding tert-OH is 1. The van der Waals surface area contributed by atoms with Crippen LogP contribution >= 0.6 is 12.2 Å². The van der Waals surface area contributed by atoms with E-state index in [0.717, 1.165) is 32.5 Å². The van der Waals surface area contributed by atoms with Gasteiger partial charge in [-0.25, -0.2) is 0 Å². The van der Waals surface area contributed by atoms with Gasteiger partial charge in [0.15, 0.2) is 0 Å². The van der Waals surface area contributed by atoms with Crippen molar-refractivity contribution in [2.75, 3.05) is 19.6 Å². The molecule has 12 heavy (non-hydrogen) atoms. The van der Waals surface area contributed by atoms with Gasteiger partial charge in [-0.3, -0.25) is 4.90 Å². The quantitative estimate of drug-likeness (QED) is 0.596. The van der Waals surface area contributed by atoms with Gasteiger partial charge >= 0.3 is 0 Å². The van der Waals surface area contributed by atoms with Gasteiger partial charge in [0.05, 0.1) is 11.1 Å². The molecule has 2 rings (SSSR count). The molecule has 0 amide bonds. The average Bonchev–Trinajstić information content (AvgIpc) is 2.66. The topological polar surface area (TPSA) is 49.5 Å². The number of rotatable bonds is 3. The van der Waals surface area contributed by atoms with E-state index in [4.69, 9.17) is 23.1 Å². The molecule has 3 nitrogen and oxygen atoms in total. The molecule has 3 N–H and O–H groups in total. The summed E-state index contributed by atoms with van der Waals surface area (Å²) in [4.78, 5) is 2.88. The number of hydrogen-bond donors (Lipinski definition) is 2. The third-order valence-electron chi connectivity index (χ3n) is 2.84. The van der Waals surface area contributed by atoms with E-state index in [1.54, 1.807) is 0 Å². The highest BCUT2D eigenvalue weighted by Gasteiger charge is 2.48. The Bertz CT molecular complexity index is 209. The third-order valence-corrected chi connectivity index (χ3v) is 3.27. The fraction of sp³-hybridized carbons (Fsp3) is 0.875. The van der Waals surface area contributed by atoms with Gasteiger partial charge in [-0.15, -0.1) is 0 Å². The van der Waals surface area contributed by atoms with Gasteiger partial charge in [0, 0.05) is 25.0 Å². The van der Waals surface area contributed by atoms with Crippen molar-refractivity contribution in [2.45, 2.75) is 18.9 Å². The van der Waals surface area contributed by atoms with Crippen LogP contribution < -0.4 is 5.73 Å². The zero-order chi connectivity index (χ0) is 8.77. The standard InChI is InChI=1S/C8H14N2OS/c9-7(12)8(1-2-8)5-10-3-6(11)4-10/h6,11H,1-5H2,(H2,9,12). The number of likely N-dealkylation sites (tertiary alicyclic amines) is 1. The van der Waals surface area contributed by atoms with Crippen LogP contribution in [0.4, 0.5) is 0 Å². The predicted molar refractivity (Wildman–Crippen MR) is 50.9 cm³/mol. The summed E-state index contributed by atoms with van der Waals surface area (Å²) in [7, 11) is 0. The molecule has 1 heterocycles. The SMILES string of the molecule is NC(=S)C1(CN2CC(O)C2)CC1. The maximum Gasteiger partial charge on any atom is 0.0802 e. The number of β-amino-alcohol motifs (C(OH)–C–C–N with tert-alkyl or cyclic N) is 1. The second-order valence-electron chi connectivity index (χ2n) is 3.99. The fourth-order valence-corrected chi connectivity index (χ4v) is 2.00. The lowest BCUT2D eigenvalue weighted by atomic mass is 10.0. The number of nitrogens with two attached hydrogens (primary N) is 1. The normalized spacial score (nSPS) is 28.1. The zero-order valence-electron chi connectivity index (χ0n) is 6.99. The molecular weight excluding hydrogens is 172 g/mol. The van der Waals surface area contributed by atoms with Crippen LogP contribution in [-0.4, -0.2) is 40.7 Å². The number of thiocarbonyl (C=S) groups is 1. The lowest BCUT2D eigenvalue weighted by Crippen LogP contribution is -2.53. The molecule has 0 radical (unpaired) electrons. The van der Waals surface area contributed by atoms with Crippen molar-refractivity contribution in [3.05, 3.63) is 0 Å². The van der Waals surface area contributed by atoms with Crippen LogP contribution in [0.15, 0.2) is 0 Å². The van der Waals surface area contributed by atoms with E-state index >= 15 is 0 Å². The molecule has 0 bridgehead atoms. The van der Waals surface area contributed by atoms with E-state index in [1.165, 1.54) is 0 Å². The first-order valence-corrected chi connectivity index (χ1v) is 4.74. The minimum Gasteiger partial charge on any atom is -0.393 e. The Balaban J connectivity index is 1.83. The van der Waals surface area contributed by atoms with Crippen LogP contribution in [0, 0.1) is 5.41 Å². The van der Waals surface area contributed by atoms with Gasteiger partial charge in [-0.1, -0.05) is 12.2 Å². The summed E-state index contributed by atoms with van der Waals surface area (Å²) < 4.78 is 0. The zero-order valence-corrected chi connectivity index (χ0v) is 7.81. The Morgan fingerprint density at radius 1 is 1.58 bits per heavy atom. The summed E-state index contributed by atoms with van der Waals surface area (Å²) in [5.74, 6) is 0. The number of nitrogens with zero attached hydrogens (tertiary/aromatic N) is 1. The van der Waals surface area contributed by atoms with Gasteiger partial charge in [0.2, 0.25) is 0 Å². The Kier molecular flexibility index (Phi) is 1.86. The van der Waals surface area contributed by atoms with Gasteiger partial charge in [0.1, 0.15) is 0 Å². The maximum atomic E-state index is 9.07. The van der Waals surface area contributed by atoms with E-state index in [9.17, 15) is 0 Å². The predicted octanol–water partition coefficient (Wildman–Crippen LogP) is -0.271. The molecule has 0 aromatic heterocycles. The molecule has 0 aromatic rings. The molecule has 2 fully saturated rings. The fourth-order valence-electron chi connectivity index (χ4n) is 1.73. The highest BCUT2D eigenvalue weighted by molar-refractivity contribution is 7.80. The number of hydrogen-bond acceptors (Lipinski definition) is 3. The molecule has 2 aliphatic rings. The Morgan fingerprint density at radius 3 is 2.50 bits per heavy atom. The van der Waals surface area contributed by atoms with Crippen molar-refractivity contribution in [1.82, 2.24) is 4.90 Å². The molecule has 0 atom stereocenters. The number of aliphatic hydroxyl groups is 1. The summed E-state index contributed by atoms with van der Waals surface area (Å²) in [6, 6.07) is 0. The van der Waals surface area contributed by atoms with E-state index in [0.29, 0.717) is 4.99 Å². The van der Waals surface area contributed by atoms with Gasteiger partial charge in [-0.05, 0) is 12.8 Å². The molecule has 1 saturated carbocycles. The van der Waals surface area contributed by atoms with Crippen molar-refractivity contribution in [2.24, 2.45) is 11.1 Å². The van der Waals surface area contributed by atoms with Crippen LogP contribution in [0.3, 0.4) is 0 Å². The van der Waals surface area contributed by atoms with Gasteiger partial charge < -0.3 is 10.8 Å². The molecule has 0 aromatic carbocycles. The average molecular weight is 186 g/mol. The molecule has 1 aliphatic heterocycles. The Morgan fingerprint density at radius 2 is 2.17 bits per heavy atom. The molecule has 1 aliphatic carbocycles. The summed E-state index contributed by atoms with van der Waals surface area (Å²) in [6.07, 6.45) is 2.15. The van der Waals surface area contributed by atoms with Crippen LogP contribution in [0.25, 0.3) is 0 Å². The second-order valence-corrected chi connectivity index (χ2v) is 4.43. The summed E-state index contributed by atoms with van der Waals surface area (Å²) >= 11 is 5.00. The first-order chi connectivity index (χ1) is 5.62. The summed E-state index contributed by atoms with van der Waals surface area (Å²) in [5.41, 5.74) is 5.77. The van der Waals surface area contributed by atoms with Crippen LogP contribution in [0.5, 0.6) is 0 Å². The Labute approximate surface area is 77.5 Å². The Hall–Kier alpha value is -0.190. The molecular formula is C8H14N2OS. The molecule has 1 saturated heterocycles. The molecule has 68 valence electrons. The summed E-state index contributed by atoms with van der Waals surface area (Å²) in [6.45, 7) is 2.55. The van der Waals surface area contributed by atoms with E-state index in [-0.39, 0.29) is 11.5 Å². The van der Waals surface area contributed by atoms with Crippen molar-refractivity contribution in [1.29, 1.82) is 0 Å². The lowest BCUT2D eigenvalue weighted by Gasteiger charge is -2.38. The lowest BCUT2D eigenvalue weighted by molar-refractivity contribution is -0.00380. The minimum atomic E-state index is -0.118. The molecule has 4 heteroatoms. The first-order valence-electron chi connectivity index (χ1n) is 4.33. The van der Waals surface area contributed by atoms with Crippen LogP contribution in [0.2, 0.25) is 0 Å². The monoisotopic (exact) mass is 186 g/mol. The van der Waals surface area contributed by atoms with Gasteiger partial charge in [0.25, 0.3) is 0 Å². The van der Waals surface area contributed by atoms with Crippen LogP contribution in [-0.2, 0) is 0 Å². The second kappa shape index (κ2) is 2.65. The highest BCUT2D eigenvalue weighted by Crippen LogP contribution is 2.47. The van der Waals surface area contributed by atoms with Gasteiger partial charge in [-0.2, -0.15) is 0 Å². The maximum absolute atomic E-state index is 9.07.